The minimum Gasteiger partial charge on any atom is -0.506 e. The number of fused-ring (bicyclic) bond motifs is 1. The highest BCUT2D eigenvalue weighted by atomic mass is 127. The topological polar surface area (TPSA) is 44.0 Å². The monoisotopic (exact) mass is 301 g/mol. The lowest BCUT2D eigenvalue weighted by atomic mass is 10.2. The first-order chi connectivity index (χ1) is 6.22. The van der Waals surface area contributed by atoms with Gasteiger partial charge in [0.2, 0.25) is 0 Å². The van der Waals surface area contributed by atoms with Crippen molar-refractivity contribution in [3.8, 4) is 11.8 Å². The number of rotatable bonds is 0. The molecule has 0 saturated heterocycles. The predicted molar refractivity (Wildman–Crippen MR) is 60.9 cm³/mol. The lowest BCUT2D eigenvalue weighted by Crippen LogP contribution is -1.77. The summed E-state index contributed by atoms with van der Waals surface area (Å²) in [4.78, 5) is 0. The molecule has 0 aliphatic carbocycles. The predicted octanol–water partition coefficient (Wildman–Crippen LogP) is 3.08. The van der Waals surface area contributed by atoms with Crippen LogP contribution in [-0.4, -0.2) is 5.11 Å². The standard InChI is InChI=1S/C9H4INOS/c10-6-1-5(3-11)2-8-9(6)7(12)4-13-8/h1-2,4,12H. The van der Waals surface area contributed by atoms with Gasteiger partial charge in [0.25, 0.3) is 0 Å². The van der Waals surface area contributed by atoms with Gasteiger partial charge in [-0.3, -0.25) is 0 Å². The fourth-order valence-electron chi connectivity index (χ4n) is 1.17. The second kappa shape index (κ2) is 3.16. The molecule has 0 unspecified atom stereocenters. The quantitative estimate of drug-likeness (QED) is 0.760. The number of thiophene rings is 1. The number of nitriles is 1. The van der Waals surface area contributed by atoms with E-state index in [-0.39, 0.29) is 0 Å². The first-order valence-corrected chi connectivity index (χ1v) is 5.48. The number of aromatic hydroxyl groups is 1. The Balaban J connectivity index is 2.89. The third-order valence-electron chi connectivity index (χ3n) is 1.74. The third kappa shape index (κ3) is 1.38. The zero-order valence-electron chi connectivity index (χ0n) is 6.41. The van der Waals surface area contributed by atoms with E-state index >= 15 is 0 Å². The first kappa shape index (κ1) is 8.78. The van der Waals surface area contributed by atoms with E-state index < -0.39 is 0 Å². The summed E-state index contributed by atoms with van der Waals surface area (Å²) in [5.41, 5.74) is 0.638. The minimum absolute atomic E-state index is 0.300. The van der Waals surface area contributed by atoms with Crippen LogP contribution in [0.15, 0.2) is 17.5 Å². The Hall–Kier alpha value is -0.800. The van der Waals surface area contributed by atoms with Gasteiger partial charge < -0.3 is 5.11 Å². The molecule has 0 spiro atoms. The van der Waals surface area contributed by atoms with E-state index in [4.69, 9.17) is 5.26 Å². The van der Waals surface area contributed by atoms with E-state index in [9.17, 15) is 5.11 Å². The summed E-state index contributed by atoms with van der Waals surface area (Å²) in [6.45, 7) is 0. The molecule has 1 N–H and O–H groups in total. The first-order valence-electron chi connectivity index (χ1n) is 3.52. The molecule has 0 saturated carbocycles. The van der Waals surface area contributed by atoms with Gasteiger partial charge in [0, 0.05) is 19.0 Å². The summed E-state index contributed by atoms with van der Waals surface area (Å²) in [5, 5.41) is 20.7. The number of benzene rings is 1. The Morgan fingerprint density at radius 3 is 2.92 bits per heavy atom. The van der Waals surface area contributed by atoms with Crippen molar-refractivity contribution in [2.45, 2.75) is 0 Å². The molecule has 64 valence electrons. The highest BCUT2D eigenvalue weighted by Crippen LogP contribution is 2.35. The van der Waals surface area contributed by atoms with Gasteiger partial charge in [0.05, 0.1) is 11.6 Å². The van der Waals surface area contributed by atoms with Crippen molar-refractivity contribution in [3.05, 3.63) is 26.6 Å². The molecule has 0 atom stereocenters. The van der Waals surface area contributed by atoms with Gasteiger partial charge >= 0.3 is 0 Å². The zero-order valence-corrected chi connectivity index (χ0v) is 9.39. The zero-order chi connectivity index (χ0) is 9.42. The van der Waals surface area contributed by atoms with Crippen LogP contribution in [0.2, 0.25) is 0 Å². The van der Waals surface area contributed by atoms with Crippen LogP contribution in [0.25, 0.3) is 10.1 Å². The number of hydrogen-bond acceptors (Lipinski definition) is 3. The van der Waals surface area contributed by atoms with Crippen LogP contribution in [-0.2, 0) is 0 Å². The van der Waals surface area contributed by atoms with Gasteiger partial charge in [0.15, 0.2) is 0 Å². The largest absolute Gasteiger partial charge is 0.506 e. The molecule has 0 radical (unpaired) electrons. The van der Waals surface area contributed by atoms with Crippen molar-refractivity contribution in [2.75, 3.05) is 0 Å². The van der Waals surface area contributed by atoms with Crippen LogP contribution in [0.3, 0.4) is 0 Å². The van der Waals surface area contributed by atoms with E-state index in [2.05, 4.69) is 28.7 Å². The molecule has 1 aromatic heterocycles. The summed E-state index contributed by atoms with van der Waals surface area (Å²) < 4.78 is 1.88. The second-order valence-electron chi connectivity index (χ2n) is 2.56. The minimum atomic E-state index is 0.300. The number of halogens is 1. The average molecular weight is 301 g/mol. The molecule has 0 fully saturated rings. The Morgan fingerprint density at radius 1 is 1.46 bits per heavy atom. The summed E-state index contributed by atoms with van der Waals surface area (Å²) >= 11 is 3.58. The molecule has 1 heterocycles. The Kier molecular flexibility index (Phi) is 2.14. The SMILES string of the molecule is N#Cc1cc(I)c2c(O)csc2c1. The Morgan fingerprint density at radius 2 is 2.23 bits per heavy atom. The maximum Gasteiger partial charge on any atom is 0.135 e. The normalized spacial score (nSPS) is 10.2. The molecule has 1 aromatic carbocycles. The van der Waals surface area contributed by atoms with Crippen LogP contribution in [0, 0.1) is 14.9 Å². The van der Waals surface area contributed by atoms with Crippen LogP contribution in [0.5, 0.6) is 5.75 Å². The molecule has 0 amide bonds. The third-order valence-corrected chi connectivity index (χ3v) is 3.50. The van der Waals surface area contributed by atoms with Crippen LogP contribution in [0.4, 0.5) is 0 Å². The van der Waals surface area contributed by atoms with Crippen LogP contribution >= 0.6 is 33.9 Å². The van der Waals surface area contributed by atoms with Gasteiger partial charge in [-0.05, 0) is 34.7 Å². The molecule has 13 heavy (non-hydrogen) atoms. The second-order valence-corrected chi connectivity index (χ2v) is 4.64. The molecular weight excluding hydrogens is 297 g/mol. The summed E-state index contributed by atoms with van der Waals surface area (Å²) in [6, 6.07) is 5.66. The average Bonchev–Trinajstić information content (AvgIpc) is 2.48. The fourth-order valence-corrected chi connectivity index (χ4v) is 3.13. The maximum atomic E-state index is 9.48. The van der Waals surface area contributed by atoms with Crippen molar-refractivity contribution in [2.24, 2.45) is 0 Å². The van der Waals surface area contributed by atoms with Gasteiger partial charge in [-0.15, -0.1) is 11.3 Å². The highest BCUT2D eigenvalue weighted by Gasteiger charge is 2.07. The van der Waals surface area contributed by atoms with Crippen molar-refractivity contribution in [3.63, 3.8) is 0 Å². The summed E-state index contributed by atoms with van der Waals surface area (Å²) in [6.07, 6.45) is 0. The van der Waals surface area contributed by atoms with E-state index in [0.717, 1.165) is 13.7 Å². The highest BCUT2D eigenvalue weighted by molar-refractivity contribution is 14.1. The molecule has 2 nitrogen and oxygen atoms in total. The van der Waals surface area contributed by atoms with Gasteiger partial charge in [-0.1, -0.05) is 0 Å². The van der Waals surface area contributed by atoms with E-state index in [1.165, 1.54) is 11.3 Å². The van der Waals surface area contributed by atoms with Crippen molar-refractivity contribution in [1.82, 2.24) is 0 Å². The van der Waals surface area contributed by atoms with Gasteiger partial charge in [-0.2, -0.15) is 5.26 Å². The number of nitrogens with zero attached hydrogens (tertiary/aromatic N) is 1. The molecular formula is C9H4INOS. The smallest absolute Gasteiger partial charge is 0.135 e. The Bertz CT molecular complexity index is 512. The van der Waals surface area contributed by atoms with Crippen molar-refractivity contribution in [1.29, 1.82) is 5.26 Å². The fraction of sp³-hybridized carbons (Fsp3) is 0. The van der Waals surface area contributed by atoms with Gasteiger partial charge in [-0.25, -0.2) is 0 Å². The van der Waals surface area contributed by atoms with Gasteiger partial charge in [0.1, 0.15) is 5.75 Å². The molecule has 0 bridgehead atoms. The van der Waals surface area contributed by atoms with Crippen molar-refractivity contribution < 1.29 is 5.11 Å². The molecule has 4 heteroatoms. The summed E-state index contributed by atoms with van der Waals surface area (Å²) in [5.74, 6) is 0.300. The molecule has 0 aliphatic rings. The Labute approximate surface area is 92.6 Å². The van der Waals surface area contributed by atoms with Crippen molar-refractivity contribution >= 4 is 44.0 Å². The van der Waals surface area contributed by atoms with E-state index in [1.54, 1.807) is 17.5 Å². The molecule has 0 aliphatic heterocycles. The number of hydrogen-bond donors (Lipinski definition) is 1. The van der Waals surface area contributed by atoms with Crippen LogP contribution < -0.4 is 0 Å². The molecule has 2 rings (SSSR count). The summed E-state index contributed by atoms with van der Waals surface area (Å²) in [7, 11) is 0. The van der Waals surface area contributed by atoms with E-state index in [0.29, 0.717) is 11.3 Å². The maximum absolute atomic E-state index is 9.48. The lowest BCUT2D eigenvalue weighted by molar-refractivity contribution is 0.483. The van der Waals surface area contributed by atoms with Crippen LogP contribution in [0.1, 0.15) is 5.56 Å². The molecule has 2 aromatic rings. The van der Waals surface area contributed by atoms with E-state index in [1.807, 2.05) is 0 Å². The lowest BCUT2D eigenvalue weighted by Gasteiger charge is -1.95.